The quantitative estimate of drug-likeness (QED) is 0.701. The Labute approximate surface area is 166 Å². The molecule has 10 heteroatoms. The van der Waals surface area contributed by atoms with Crippen LogP contribution in [0.1, 0.15) is 15.9 Å². The summed E-state index contributed by atoms with van der Waals surface area (Å²) in [5.41, 5.74) is -0.431. The monoisotopic (exact) mass is 428 g/mol. The molecule has 29 heavy (non-hydrogen) atoms. The van der Waals surface area contributed by atoms with Crippen molar-refractivity contribution in [1.82, 2.24) is 4.31 Å². The Morgan fingerprint density at radius 3 is 2.28 bits per heavy atom. The molecule has 0 aromatic heterocycles. The molecule has 1 heterocycles. The van der Waals surface area contributed by atoms with Gasteiger partial charge >= 0.3 is 12.1 Å². The third-order valence-electron chi connectivity index (χ3n) is 4.69. The summed E-state index contributed by atoms with van der Waals surface area (Å²) in [6.45, 7) is 0.601. The average molecular weight is 428 g/mol. The highest BCUT2D eigenvalue weighted by Gasteiger charge is 2.33. The molecule has 0 radical (unpaired) electrons. The van der Waals surface area contributed by atoms with Crippen molar-refractivity contribution in [2.45, 2.75) is 11.1 Å². The SMILES string of the molecule is COC(=O)c1ccccc1S(=O)(=O)N1CCN(c2cccc(C(F)(F)F)c2)CC1. The predicted octanol–water partition coefficient (Wildman–Crippen LogP) is 3.00. The number of halogens is 3. The number of hydrogen-bond acceptors (Lipinski definition) is 5. The zero-order chi connectivity index (χ0) is 21.2. The number of methoxy groups -OCH3 is 1. The van der Waals surface area contributed by atoms with Gasteiger partial charge in [0, 0.05) is 31.9 Å². The summed E-state index contributed by atoms with van der Waals surface area (Å²) in [7, 11) is -2.79. The molecule has 0 unspecified atom stereocenters. The molecular weight excluding hydrogens is 409 g/mol. The third-order valence-corrected chi connectivity index (χ3v) is 6.64. The molecule has 1 fully saturated rings. The van der Waals surface area contributed by atoms with Crippen LogP contribution < -0.4 is 4.90 Å². The number of carbonyl (C=O) groups excluding carboxylic acids is 1. The van der Waals surface area contributed by atoms with E-state index in [1.807, 2.05) is 0 Å². The van der Waals surface area contributed by atoms with E-state index >= 15 is 0 Å². The Kier molecular flexibility index (Phi) is 5.85. The molecule has 0 aliphatic carbocycles. The number of alkyl halides is 3. The van der Waals surface area contributed by atoms with Crippen molar-refractivity contribution in [3.63, 3.8) is 0 Å². The number of nitrogens with zero attached hydrogens (tertiary/aromatic N) is 2. The van der Waals surface area contributed by atoms with Crippen molar-refractivity contribution in [2.24, 2.45) is 0 Å². The maximum atomic E-state index is 13.0. The Hall–Kier alpha value is -2.59. The predicted molar refractivity (Wildman–Crippen MR) is 100 cm³/mol. The summed E-state index contributed by atoms with van der Waals surface area (Å²) in [6, 6.07) is 10.7. The molecule has 0 N–H and O–H groups in total. The lowest BCUT2D eigenvalue weighted by molar-refractivity contribution is -0.137. The molecule has 3 rings (SSSR count). The minimum atomic E-state index is -4.45. The molecular formula is C19H19F3N2O4S. The highest BCUT2D eigenvalue weighted by molar-refractivity contribution is 7.89. The van der Waals surface area contributed by atoms with Gasteiger partial charge in [-0.25, -0.2) is 13.2 Å². The fourth-order valence-corrected chi connectivity index (χ4v) is 4.78. The fraction of sp³-hybridized carbons (Fsp3) is 0.316. The number of rotatable bonds is 4. The van der Waals surface area contributed by atoms with Crippen LogP contribution >= 0.6 is 0 Å². The van der Waals surface area contributed by atoms with E-state index in [1.165, 1.54) is 41.7 Å². The summed E-state index contributed by atoms with van der Waals surface area (Å²) in [6.07, 6.45) is -4.45. The van der Waals surface area contributed by atoms with E-state index in [4.69, 9.17) is 0 Å². The minimum Gasteiger partial charge on any atom is -0.465 e. The van der Waals surface area contributed by atoms with Crippen molar-refractivity contribution in [1.29, 1.82) is 0 Å². The molecule has 0 bridgehead atoms. The molecule has 2 aromatic rings. The minimum absolute atomic E-state index is 0.0599. The molecule has 0 spiro atoms. The molecule has 156 valence electrons. The van der Waals surface area contributed by atoms with Gasteiger partial charge in [-0.2, -0.15) is 17.5 Å². The second-order valence-electron chi connectivity index (χ2n) is 6.43. The lowest BCUT2D eigenvalue weighted by Crippen LogP contribution is -2.49. The Morgan fingerprint density at radius 2 is 1.66 bits per heavy atom. The Balaban J connectivity index is 1.79. The lowest BCUT2D eigenvalue weighted by atomic mass is 10.1. The van der Waals surface area contributed by atoms with Crippen LogP contribution in [0.2, 0.25) is 0 Å². The van der Waals surface area contributed by atoms with E-state index in [2.05, 4.69) is 4.74 Å². The molecule has 6 nitrogen and oxygen atoms in total. The third kappa shape index (κ3) is 4.38. The molecule has 1 aliphatic rings. The smallest absolute Gasteiger partial charge is 0.416 e. The number of hydrogen-bond donors (Lipinski definition) is 0. The van der Waals surface area contributed by atoms with Crippen LogP contribution in [0.5, 0.6) is 0 Å². The number of ether oxygens (including phenoxy) is 1. The zero-order valence-electron chi connectivity index (χ0n) is 15.5. The van der Waals surface area contributed by atoms with Crippen LogP contribution in [-0.2, 0) is 20.9 Å². The first-order valence-electron chi connectivity index (χ1n) is 8.74. The second-order valence-corrected chi connectivity index (χ2v) is 8.33. The van der Waals surface area contributed by atoms with E-state index in [1.54, 1.807) is 11.0 Å². The highest BCUT2D eigenvalue weighted by atomic mass is 32.2. The molecule has 0 saturated carbocycles. The van der Waals surface area contributed by atoms with Gasteiger partial charge in [-0.3, -0.25) is 0 Å². The van der Waals surface area contributed by atoms with Crippen molar-refractivity contribution in [2.75, 3.05) is 38.2 Å². The van der Waals surface area contributed by atoms with Gasteiger partial charge in [-0.15, -0.1) is 0 Å². The number of benzene rings is 2. The summed E-state index contributed by atoms with van der Waals surface area (Å²) in [5, 5.41) is 0. The van der Waals surface area contributed by atoms with Gasteiger partial charge < -0.3 is 9.64 Å². The first kappa shape index (κ1) is 21.1. The molecule has 2 aromatic carbocycles. The van der Waals surface area contributed by atoms with E-state index in [0.29, 0.717) is 5.69 Å². The van der Waals surface area contributed by atoms with Crippen LogP contribution in [0.15, 0.2) is 53.4 Å². The van der Waals surface area contributed by atoms with Crippen LogP contribution in [0, 0.1) is 0 Å². The summed E-state index contributed by atoms with van der Waals surface area (Å²) < 4.78 is 70.7. The standard InChI is InChI=1S/C19H19F3N2O4S/c1-28-18(25)16-7-2-3-8-17(16)29(26,27)24-11-9-23(10-12-24)15-6-4-5-14(13-15)19(20,21)22/h2-8,13H,9-12H2,1H3. The van der Waals surface area contributed by atoms with E-state index in [-0.39, 0.29) is 36.6 Å². The van der Waals surface area contributed by atoms with Crippen LogP contribution in [0.3, 0.4) is 0 Å². The van der Waals surface area contributed by atoms with Gasteiger partial charge in [0.25, 0.3) is 0 Å². The van der Waals surface area contributed by atoms with Crippen LogP contribution in [0.4, 0.5) is 18.9 Å². The number of esters is 1. The molecule has 1 aliphatic heterocycles. The van der Waals surface area contributed by atoms with Gasteiger partial charge in [0.2, 0.25) is 10.0 Å². The van der Waals surface area contributed by atoms with Gasteiger partial charge in [-0.05, 0) is 30.3 Å². The summed E-state index contributed by atoms with van der Waals surface area (Å²) >= 11 is 0. The first-order chi connectivity index (χ1) is 13.6. The topological polar surface area (TPSA) is 66.9 Å². The van der Waals surface area contributed by atoms with Crippen molar-refractivity contribution < 1.29 is 31.1 Å². The fourth-order valence-electron chi connectivity index (χ4n) is 3.17. The van der Waals surface area contributed by atoms with Crippen molar-refractivity contribution in [3.05, 3.63) is 59.7 Å². The largest absolute Gasteiger partial charge is 0.465 e. The maximum absolute atomic E-state index is 13.0. The number of anilines is 1. The summed E-state index contributed by atoms with van der Waals surface area (Å²) in [4.78, 5) is 13.5. The zero-order valence-corrected chi connectivity index (χ0v) is 16.3. The maximum Gasteiger partial charge on any atom is 0.416 e. The number of sulfonamides is 1. The van der Waals surface area contributed by atoms with Gasteiger partial charge in [-0.1, -0.05) is 18.2 Å². The number of piperazine rings is 1. The normalized spacial score (nSPS) is 15.9. The van der Waals surface area contributed by atoms with E-state index in [9.17, 15) is 26.4 Å². The lowest BCUT2D eigenvalue weighted by Gasteiger charge is -2.35. The van der Waals surface area contributed by atoms with Crippen molar-refractivity contribution in [3.8, 4) is 0 Å². The molecule has 0 atom stereocenters. The molecule has 0 amide bonds. The second kappa shape index (κ2) is 8.03. The number of carbonyl (C=O) groups is 1. The van der Waals surface area contributed by atoms with Gasteiger partial charge in [0.15, 0.2) is 0 Å². The molecule has 1 saturated heterocycles. The van der Waals surface area contributed by atoms with Crippen molar-refractivity contribution >= 4 is 21.7 Å². The Bertz CT molecular complexity index is 1000. The van der Waals surface area contributed by atoms with E-state index in [0.717, 1.165) is 12.1 Å². The first-order valence-corrected chi connectivity index (χ1v) is 10.2. The average Bonchev–Trinajstić information content (AvgIpc) is 2.72. The van der Waals surface area contributed by atoms with Crippen LogP contribution in [0.25, 0.3) is 0 Å². The van der Waals surface area contributed by atoms with Gasteiger partial charge in [0.05, 0.1) is 23.1 Å². The Morgan fingerprint density at radius 1 is 1.00 bits per heavy atom. The van der Waals surface area contributed by atoms with Crippen LogP contribution in [-0.4, -0.2) is 52.0 Å². The summed E-state index contributed by atoms with van der Waals surface area (Å²) in [5.74, 6) is -0.758. The van der Waals surface area contributed by atoms with Gasteiger partial charge in [0.1, 0.15) is 0 Å². The highest BCUT2D eigenvalue weighted by Crippen LogP contribution is 2.32. The van der Waals surface area contributed by atoms with E-state index < -0.39 is 27.7 Å².